The second kappa shape index (κ2) is 8.99. The molecule has 0 amide bonds. The topological polar surface area (TPSA) is 68.7 Å². The van der Waals surface area contributed by atoms with Gasteiger partial charge >= 0.3 is 0 Å². The molecule has 9 heteroatoms. The average Bonchev–Trinajstić information content (AvgIpc) is 2.74. The van der Waals surface area contributed by atoms with Crippen LogP contribution in [0.5, 0.6) is 11.5 Å². The van der Waals surface area contributed by atoms with Crippen LogP contribution in [0.2, 0.25) is 5.02 Å². The molecule has 1 unspecified atom stereocenters. The van der Waals surface area contributed by atoms with E-state index in [-0.39, 0.29) is 11.8 Å². The molecule has 0 radical (unpaired) electrons. The van der Waals surface area contributed by atoms with Crippen LogP contribution >= 0.6 is 11.6 Å². The van der Waals surface area contributed by atoms with Crippen LogP contribution in [0.1, 0.15) is 0 Å². The van der Waals surface area contributed by atoms with Crippen molar-refractivity contribution in [3.05, 3.63) is 47.5 Å². The zero-order valence-corrected chi connectivity index (χ0v) is 17.4. The zero-order chi connectivity index (χ0) is 21.1. The molecule has 0 aliphatic carbocycles. The Bertz CT molecular complexity index is 1050. The van der Waals surface area contributed by atoms with E-state index in [2.05, 4.69) is 27.2 Å². The van der Waals surface area contributed by atoms with E-state index in [1.807, 2.05) is 0 Å². The van der Waals surface area contributed by atoms with Gasteiger partial charge in [0.05, 0.1) is 24.9 Å². The summed E-state index contributed by atoms with van der Waals surface area (Å²) in [5, 5.41) is 4.06. The maximum Gasteiger partial charge on any atom is 0.163 e. The predicted molar refractivity (Wildman–Crippen MR) is 114 cm³/mol. The van der Waals surface area contributed by atoms with Crippen molar-refractivity contribution in [3.8, 4) is 11.5 Å². The van der Waals surface area contributed by atoms with E-state index < -0.39 is 5.82 Å². The summed E-state index contributed by atoms with van der Waals surface area (Å²) in [6.45, 7) is 2.80. The SMILES string of the molecule is COc1cc2c(Nc3cc(Cl)ccc3F)ncnc2cc1OCC1CN(C)CCO1. The van der Waals surface area contributed by atoms with E-state index in [0.717, 1.165) is 13.1 Å². The summed E-state index contributed by atoms with van der Waals surface area (Å²) >= 11 is 5.99. The molecule has 1 N–H and O–H groups in total. The van der Waals surface area contributed by atoms with Crippen molar-refractivity contribution in [1.82, 2.24) is 14.9 Å². The standard InChI is InChI=1S/C21H22ClFN4O3/c1-27-5-6-29-14(10-27)11-30-20-9-17-15(8-19(20)28-2)21(25-12-24-17)26-18-7-13(22)3-4-16(18)23/h3-4,7-9,12,14H,5-6,10-11H2,1-2H3,(H,24,25,26). The molecule has 2 heterocycles. The van der Waals surface area contributed by atoms with Crippen molar-refractivity contribution in [3.63, 3.8) is 0 Å². The number of nitrogens with zero attached hydrogens (tertiary/aromatic N) is 3. The first-order chi connectivity index (χ1) is 14.5. The number of fused-ring (bicyclic) bond motifs is 1. The van der Waals surface area contributed by atoms with Gasteiger partial charge in [0.15, 0.2) is 11.5 Å². The Labute approximate surface area is 178 Å². The minimum absolute atomic E-state index is 0.0161. The van der Waals surface area contributed by atoms with Crippen LogP contribution in [0.3, 0.4) is 0 Å². The Kier molecular flexibility index (Phi) is 6.17. The summed E-state index contributed by atoms with van der Waals surface area (Å²) in [5.41, 5.74) is 0.854. The molecule has 0 spiro atoms. The summed E-state index contributed by atoms with van der Waals surface area (Å²) in [6.07, 6.45) is 1.39. The lowest BCUT2D eigenvalue weighted by Gasteiger charge is -2.30. The van der Waals surface area contributed by atoms with E-state index in [9.17, 15) is 4.39 Å². The number of anilines is 2. The number of methoxy groups -OCH3 is 1. The number of hydrogen-bond donors (Lipinski definition) is 1. The minimum atomic E-state index is -0.435. The van der Waals surface area contributed by atoms with Crippen molar-refractivity contribution in [1.29, 1.82) is 0 Å². The summed E-state index contributed by atoms with van der Waals surface area (Å²) in [7, 11) is 3.62. The molecule has 1 aromatic heterocycles. The highest BCUT2D eigenvalue weighted by atomic mass is 35.5. The van der Waals surface area contributed by atoms with E-state index in [4.69, 9.17) is 25.8 Å². The molecule has 1 aliphatic rings. The third-order valence-corrected chi connectivity index (χ3v) is 5.10. The van der Waals surface area contributed by atoms with E-state index in [0.29, 0.717) is 46.5 Å². The monoisotopic (exact) mass is 432 g/mol. The fourth-order valence-electron chi connectivity index (χ4n) is 3.31. The van der Waals surface area contributed by atoms with Crippen LogP contribution in [0.4, 0.5) is 15.9 Å². The smallest absolute Gasteiger partial charge is 0.163 e. The number of aromatic nitrogens is 2. The van der Waals surface area contributed by atoms with Crippen LogP contribution < -0.4 is 14.8 Å². The summed E-state index contributed by atoms with van der Waals surface area (Å²) in [5.74, 6) is 1.08. The molecular weight excluding hydrogens is 411 g/mol. The van der Waals surface area contributed by atoms with Crippen molar-refractivity contribution in [2.24, 2.45) is 0 Å². The second-order valence-corrected chi connectivity index (χ2v) is 7.49. The largest absolute Gasteiger partial charge is 0.493 e. The van der Waals surface area contributed by atoms with Gasteiger partial charge in [-0.25, -0.2) is 14.4 Å². The van der Waals surface area contributed by atoms with Gasteiger partial charge in [0.2, 0.25) is 0 Å². The van der Waals surface area contributed by atoms with Gasteiger partial charge in [-0.2, -0.15) is 0 Å². The second-order valence-electron chi connectivity index (χ2n) is 7.06. The fraction of sp³-hybridized carbons (Fsp3) is 0.333. The fourth-order valence-corrected chi connectivity index (χ4v) is 3.48. The number of halogens is 2. The molecule has 4 rings (SSSR count). The summed E-state index contributed by atoms with van der Waals surface area (Å²) < 4.78 is 31.4. The molecular formula is C21H22ClFN4O3. The zero-order valence-electron chi connectivity index (χ0n) is 16.7. The number of rotatable bonds is 6. The molecule has 3 aromatic rings. The Morgan fingerprint density at radius 3 is 2.93 bits per heavy atom. The molecule has 158 valence electrons. The van der Waals surface area contributed by atoms with E-state index in [1.165, 1.54) is 24.5 Å². The number of nitrogens with one attached hydrogen (secondary N) is 1. The van der Waals surface area contributed by atoms with Gasteiger partial charge in [0, 0.05) is 29.6 Å². The Balaban J connectivity index is 1.61. The highest BCUT2D eigenvalue weighted by Gasteiger charge is 2.20. The first-order valence-corrected chi connectivity index (χ1v) is 9.89. The Morgan fingerprint density at radius 1 is 1.27 bits per heavy atom. The van der Waals surface area contributed by atoms with E-state index >= 15 is 0 Å². The Hall–Kier alpha value is -2.68. The highest BCUT2D eigenvalue weighted by Crippen LogP contribution is 2.35. The lowest BCUT2D eigenvalue weighted by molar-refractivity contribution is -0.0406. The lowest BCUT2D eigenvalue weighted by Crippen LogP contribution is -2.42. The molecule has 0 bridgehead atoms. The van der Waals surface area contributed by atoms with Crippen LogP contribution in [0.25, 0.3) is 10.9 Å². The van der Waals surface area contributed by atoms with Crippen LogP contribution in [-0.4, -0.2) is 61.4 Å². The van der Waals surface area contributed by atoms with Gasteiger partial charge in [-0.1, -0.05) is 11.6 Å². The van der Waals surface area contributed by atoms with Gasteiger partial charge in [0.25, 0.3) is 0 Å². The van der Waals surface area contributed by atoms with Crippen LogP contribution in [-0.2, 0) is 4.74 Å². The maximum atomic E-state index is 14.1. The number of hydrogen-bond acceptors (Lipinski definition) is 7. The first-order valence-electron chi connectivity index (χ1n) is 9.51. The van der Waals surface area contributed by atoms with Gasteiger partial charge in [-0.3, -0.25) is 0 Å². The highest BCUT2D eigenvalue weighted by molar-refractivity contribution is 6.30. The van der Waals surface area contributed by atoms with Crippen molar-refractivity contribution in [2.45, 2.75) is 6.10 Å². The number of likely N-dealkylation sites (N-methyl/N-ethyl adjacent to an activating group) is 1. The number of benzene rings is 2. The van der Waals surface area contributed by atoms with E-state index in [1.54, 1.807) is 19.2 Å². The molecule has 1 saturated heterocycles. The first kappa shape index (κ1) is 20.6. The number of ether oxygens (including phenoxy) is 3. The third kappa shape index (κ3) is 4.56. The summed E-state index contributed by atoms with van der Waals surface area (Å²) in [4.78, 5) is 10.8. The van der Waals surface area contributed by atoms with Crippen molar-refractivity contribution >= 4 is 34.0 Å². The molecule has 2 aromatic carbocycles. The predicted octanol–water partition coefficient (Wildman–Crippen LogP) is 3.88. The summed E-state index contributed by atoms with van der Waals surface area (Å²) in [6, 6.07) is 7.83. The minimum Gasteiger partial charge on any atom is -0.493 e. The van der Waals surface area contributed by atoms with Gasteiger partial charge < -0.3 is 24.4 Å². The molecule has 1 aliphatic heterocycles. The normalized spacial score (nSPS) is 17.1. The quantitative estimate of drug-likeness (QED) is 0.633. The number of morpholine rings is 1. The molecule has 1 atom stereocenters. The molecule has 1 fully saturated rings. The average molecular weight is 433 g/mol. The Morgan fingerprint density at radius 2 is 2.13 bits per heavy atom. The van der Waals surface area contributed by atoms with Crippen molar-refractivity contribution < 1.29 is 18.6 Å². The lowest BCUT2D eigenvalue weighted by atomic mass is 10.2. The van der Waals surface area contributed by atoms with Crippen LogP contribution in [0.15, 0.2) is 36.7 Å². The molecule has 30 heavy (non-hydrogen) atoms. The van der Waals surface area contributed by atoms with Crippen molar-refractivity contribution in [2.75, 3.05) is 45.8 Å². The van der Waals surface area contributed by atoms with Gasteiger partial charge in [0.1, 0.15) is 30.7 Å². The molecule has 7 nitrogen and oxygen atoms in total. The third-order valence-electron chi connectivity index (χ3n) is 4.87. The van der Waals surface area contributed by atoms with Crippen LogP contribution in [0, 0.1) is 5.82 Å². The maximum absolute atomic E-state index is 14.1. The molecule has 0 saturated carbocycles. The van der Waals surface area contributed by atoms with Gasteiger partial charge in [-0.05, 0) is 31.3 Å². The van der Waals surface area contributed by atoms with Gasteiger partial charge in [-0.15, -0.1) is 0 Å².